The third-order valence-corrected chi connectivity index (χ3v) is 5.17. The van der Waals surface area contributed by atoms with E-state index in [1.165, 1.54) is 4.90 Å². The smallest absolute Gasteiger partial charge is 0.277 e. The first kappa shape index (κ1) is 21.4. The van der Waals surface area contributed by atoms with E-state index < -0.39 is 0 Å². The second-order valence-electron chi connectivity index (χ2n) is 7.96. The number of imide groups is 1. The van der Waals surface area contributed by atoms with Crippen molar-refractivity contribution in [1.82, 2.24) is 9.80 Å². The first-order valence-corrected chi connectivity index (χ1v) is 10.7. The van der Waals surface area contributed by atoms with Crippen LogP contribution in [0.2, 0.25) is 0 Å². The molecule has 0 unspecified atom stereocenters. The highest BCUT2D eigenvalue weighted by atomic mass is 16.5. The summed E-state index contributed by atoms with van der Waals surface area (Å²) >= 11 is 0. The van der Waals surface area contributed by atoms with Crippen LogP contribution in [-0.2, 0) is 14.3 Å². The normalized spacial score (nSPS) is 17.2. The Kier molecular flexibility index (Phi) is 7.31. The molecule has 1 aromatic carbocycles. The van der Waals surface area contributed by atoms with Crippen LogP contribution in [0.25, 0.3) is 5.57 Å². The molecule has 0 aromatic heterocycles. The minimum atomic E-state index is -0.204. The van der Waals surface area contributed by atoms with Gasteiger partial charge in [0.1, 0.15) is 11.4 Å². The second kappa shape index (κ2) is 9.92. The molecule has 158 valence electrons. The third-order valence-electron chi connectivity index (χ3n) is 5.17. The van der Waals surface area contributed by atoms with E-state index >= 15 is 0 Å². The summed E-state index contributed by atoms with van der Waals surface area (Å²) < 4.78 is 11.1. The lowest BCUT2D eigenvalue weighted by Crippen LogP contribution is -2.35. The van der Waals surface area contributed by atoms with Gasteiger partial charge in [-0.1, -0.05) is 26.0 Å². The van der Waals surface area contributed by atoms with Gasteiger partial charge in [-0.2, -0.15) is 0 Å². The molecule has 3 rings (SSSR count). The fourth-order valence-electron chi connectivity index (χ4n) is 3.71. The summed E-state index contributed by atoms with van der Waals surface area (Å²) in [5.74, 6) is 0.835. The Morgan fingerprint density at radius 3 is 2.34 bits per heavy atom. The zero-order chi connectivity index (χ0) is 20.8. The molecule has 2 heterocycles. The first-order chi connectivity index (χ1) is 14.0. The van der Waals surface area contributed by atoms with E-state index in [0.29, 0.717) is 50.0 Å². The Labute approximate surface area is 173 Å². The van der Waals surface area contributed by atoms with Crippen molar-refractivity contribution in [1.29, 1.82) is 0 Å². The minimum absolute atomic E-state index is 0.177. The van der Waals surface area contributed by atoms with Crippen molar-refractivity contribution in [2.45, 2.75) is 40.0 Å². The molecular formula is C23H32N2O4. The van der Waals surface area contributed by atoms with Crippen LogP contribution in [0.1, 0.15) is 45.6 Å². The van der Waals surface area contributed by atoms with E-state index in [9.17, 15) is 9.59 Å². The van der Waals surface area contributed by atoms with Gasteiger partial charge in [0.15, 0.2) is 0 Å². The lowest BCUT2D eigenvalue weighted by atomic mass is 10.0. The maximum absolute atomic E-state index is 13.2. The molecule has 0 N–H and O–H groups in total. The molecule has 0 bridgehead atoms. The van der Waals surface area contributed by atoms with Gasteiger partial charge >= 0.3 is 0 Å². The topological polar surface area (TPSA) is 59.1 Å². The summed E-state index contributed by atoms with van der Waals surface area (Å²) in [5, 5.41) is 0. The number of benzene rings is 1. The maximum Gasteiger partial charge on any atom is 0.277 e. The molecule has 6 nitrogen and oxygen atoms in total. The summed E-state index contributed by atoms with van der Waals surface area (Å²) in [5.41, 5.74) is 1.85. The number of rotatable bonds is 10. The number of hydrogen-bond acceptors (Lipinski definition) is 5. The Hall–Kier alpha value is -2.34. The fraction of sp³-hybridized carbons (Fsp3) is 0.565. The van der Waals surface area contributed by atoms with Crippen LogP contribution in [0.3, 0.4) is 0 Å². The van der Waals surface area contributed by atoms with Crippen LogP contribution in [0.15, 0.2) is 30.0 Å². The van der Waals surface area contributed by atoms with Crippen LogP contribution in [-0.4, -0.2) is 61.1 Å². The van der Waals surface area contributed by atoms with Crippen LogP contribution in [0.4, 0.5) is 0 Å². The SMILES string of the molecule is CCOCCCN1C(=O)C(c2ccc(OCC(C)C)cc2)=C(N2CCCC2)C1=O. The zero-order valence-corrected chi connectivity index (χ0v) is 17.8. The van der Waals surface area contributed by atoms with E-state index in [1.807, 2.05) is 31.2 Å². The fourth-order valence-corrected chi connectivity index (χ4v) is 3.71. The van der Waals surface area contributed by atoms with Crippen LogP contribution < -0.4 is 4.74 Å². The number of hydrogen-bond donors (Lipinski definition) is 0. The Morgan fingerprint density at radius 1 is 1.03 bits per heavy atom. The van der Waals surface area contributed by atoms with Gasteiger partial charge in [-0.3, -0.25) is 14.5 Å². The Bertz CT molecular complexity index is 749. The van der Waals surface area contributed by atoms with Crippen LogP contribution in [0.5, 0.6) is 5.75 Å². The Morgan fingerprint density at radius 2 is 1.72 bits per heavy atom. The highest BCUT2D eigenvalue weighted by Gasteiger charge is 2.41. The monoisotopic (exact) mass is 400 g/mol. The van der Waals surface area contributed by atoms with Crippen molar-refractivity contribution >= 4 is 17.4 Å². The predicted molar refractivity (Wildman–Crippen MR) is 112 cm³/mol. The lowest BCUT2D eigenvalue weighted by Gasteiger charge is -2.20. The molecule has 0 atom stereocenters. The number of nitrogens with zero attached hydrogens (tertiary/aromatic N) is 2. The summed E-state index contributed by atoms with van der Waals surface area (Å²) in [4.78, 5) is 29.8. The molecule has 0 spiro atoms. The molecule has 6 heteroatoms. The van der Waals surface area contributed by atoms with Crippen molar-refractivity contribution in [3.8, 4) is 5.75 Å². The molecule has 2 aliphatic heterocycles. The summed E-state index contributed by atoms with van der Waals surface area (Å²) in [6, 6.07) is 7.52. The largest absolute Gasteiger partial charge is 0.493 e. The van der Waals surface area contributed by atoms with Gasteiger partial charge in [0.25, 0.3) is 11.8 Å². The first-order valence-electron chi connectivity index (χ1n) is 10.7. The average molecular weight is 401 g/mol. The molecule has 1 fully saturated rings. The summed E-state index contributed by atoms with van der Waals surface area (Å²) in [6.45, 7) is 9.99. The molecule has 2 amide bonds. The maximum atomic E-state index is 13.2. The quantitative estimate of drug-likeness (QED) is 0.445. The van der Waals surface area contributed by atoms with Gasteiger partial charge in [0, 0.05) is 32.8 Å². The van der Waals surface area contributed by atoms with E-state index in [4.69, 9.17) is 9.47 Å². The zero-order valence-electron chi connectivity index (χ0n) is 17.8. The van der Waals surface area contributed by atoms with E-state index in [0.717, 1.165) is 37.2 Å². The van der Waals surface area contributed by atoms with Gasteiger partial charge in [0.2, 0.25) is 0 Å². The van der Waals surface area contributed by atoms with E-state index in [2.05, 4.69) is 18.7 Å². The second-order valence-corrected chi connectivity index (χ2v) is 7.96. The molecule has 1 saturated heterocycles. The number of ether oxygens (including phenoxy) is 2. The van der Waals surface area contributed by atoms with Crippen LogP contribution >= 0.6 is 0 Å². The predicted octanol–water partition coefficient (Wildman–Crippen LogP) is 3.32. The molecule has 0 saturated carbocycles. The molecule has 1 aromatic rings. The van der Waals surface area contributed by atoms with Crippen LogP contribution in [0, 0.1) is 5.92 Å². The van der Waals surface area contributed by atoms with Crippen molar-refractivity contribution in [3.63, 3.8) is 0 Å². The van der Waals surface area contributed by atoms with E-state index in [1.54, 1.807) is 0 Å². The molecule has 29 heavy (non-hydrogen) atoms. The van der Waals surface area contributed by atoms with Crippen molar-refractivity contribution < 1.29 is 19.1 Å². The molecule has 0 radical (unpaired) electrons. The van der Waals surface area contributed by atoms with Gasteiger partial charge < -0.3 is 14.4 Å². The number of likely N-dealkylation sites (tertiary alicyclic amines) is 1. The van der Waals surface area contributed by atoms with Gasteiger partial charge in [0.05, 0.1) is 12.2 Å². The Balaban J connectivity index is 1.83. The summed E-state index contributed by atoms with van der Waals surface area (Å²) in [7, 11) is 0. The highest BCUT2D eigenvalue weighted by Crippen LogP contribution is 2.34. The number of carbonyl (C=O) groups is 2. The van der Waals surface area contributed by atoms with Crippen molar-refractivity contribution in [2.24, 2.45) is 5.92 Å². The van der Waals surface area contributed by atoms with Gasteiger partial charge in [-0.15, -0.1) is 0 Å². The summed E-state index contributed by atoms with van der Waals surface area (Å²) in [6.07, 6.45) is 2.74. The lowest BCUT2D eigenvalue weighted by molar-refractivity contribution is -0.137. The van der Waals surface area contributed by atoms with E-state index in [-0.39, 0.29) is 11.8 Å². The third kappa shape index (κ3) is 4.99. The van der Waals surface area contributed by atoms with Gasteiger partial charge in [-0.25, -0.2) is 0 Å². The molecule has 2 aliphatic rings. The highest BCUT2D eigenvalue weighted by molar-refractivity contribution is 6.35. The average Bonchev–Trinajstić information content (AvgIpc) is 3.31. The molecular weight excluding hydrogens is 368 g/mol. The molecule has 0 aliphatic carbocycles. The number of amides is 2. The minimum Gasteiger partial charge on any atom is -0.493 e. The standard InChI is InChI=1S/C23H32N2O4/c1-4-28-15-7-14-25-22(26)20(21(23(25)27)24-12-5-6-13-24)18-8-10-19(11-9-18)29-16-17(2)3/h8-11,17H,4-7,12-16H2,1-3H3. The number of carbonyl (C=O) groups excluding carboxylic acids is 2. The van der Waals surface area contributed by atoms with Crippen molar-refractivity contribution in [2.75, 3.05) is 39.5 Å². The van der Waals surface area contributed by atoms with Gasteiger partial charge in [-0.05, 0) is 49.8 Å². The van der Waals surface area contributed by atoms with Crippen molar-refractivity contribution in [3.05, 3.63) is 35.5 Å².